The maximum absolute atomic E-state index is 13.4. The van der Waals surface area contributed by atoms with Gasteiger partial charge in [-0.15, -0.1) is 11.3 Å². The Bertz CT molecular complexity index is 1440. The first-order valence-corrected chi connectivity index (χ1v) is 11.8. The van der Waals surface area contributed by atoms with Crippen LogP contribution in [0.4, 0.5) is 5.69 Å². The molecule has 4 aromatic carbocycles. The van der Waals surface area contributed by atoms with E-state index in [9.17, 15) is 9.59 Å². The predicted molar refractivity (Wildman–Crippen MR) is 139 cm³/mol. The van der Waals surface area contributed by atoms with Gasteiger partial charge in [0, 0.05) is 26.6 Å². The molecule has 3 nitrogen and oxygen atoms in total. The van der Waals surface area contributed by atoms with Crippen LogP contribution in [0.25, 0.3) is 20.9 Å². The molecule has 4 heteroatoms. The van der Waals surface area contributed by atoms with E-state index in [-0.39, 0.29) is 11.7 Å². The molecule has 0 saturated carbocycles. The van der Waals surface area contributed by atoms with E-state index in [4.69, 9.17) is 0 Å². The van der Waals surface area contributed by atoms with E-state index in [0.29, 0.717) is 22.4 Å². The molecule has 0 bridgehead atoms. The van der Waals surface area contributed by atoms with Gasteiger partial charge in [0.05, 0.1) is 5.56 Å². The Balaban J connectivity index is 1.47. The van der Waals surface area contributed by atoms with Crippen molar-refractivity contribution in [3.63, 3.8) is 0 Å². The number of thiophene rings is 1. The second kappa shape index (κ2) is 9.69. The molecular weight excluding hydrogens is 438 g/mol. The fourth-order valence-corrected chi connectivity index (χ4v) is 4.97. The number of anilines is 1. The number of carbonyl (C=O) groups excluding carboxylic acids is 2. The monoisotopic (exact) mass is 459 g/mol. The number of nitrogens with one attached hydrogen (secondary N) is 1. The van der Waals surface area contributed by atoms with Crippen molar-refractivity contribution in [2.75, 3.05) is 5.32 Å². The third-order valence-corrected chi connectivity index (χ3v) is 6.72. The molecule has 0 unspecified atom stereocenters. The molecule has 0 aliphatic heterocycles. The summed E-state index contributed by atoms with van der Waals surface area (Å²) in [5, 5.41) is 3.00. The maximum Gasteiger partial charge on any atom is 0.257 e. The summed E-state index contributed by atoms with van der Waals surface area (Å²) in [5.74, 6) is -0.287. The average molecular weight is 460 g/mol. The number of amides is 1. The van der Waals surface area contributed by atoms with Gasteiger partial charge >= 0.3 is 0 Å². The highest BCUT2D eigenvalue weighted by Crippen LogP contribution is 2.38. The summed E-state index contributed by atoms with van der Waals surface area (Å²) in [6.45, 7) is 0. The molecule has 0 fully saturated rings. The van der Waals surface area contributed by atoms with Crippen LogP contribution in [0.5, 0.6) is 0 Å². The summed E-state index contributed by atoms with van der Waals surface area (Å²) in [4.78, 5) is 28.2. The quantitative estimate of drug-likeness (QED) is 0.266. The summed E-state index contributed by atoms with van der Waals surface area (Å²) in [6.07, 6.45) is 0. The summed E-state index contributed by atoms with van der Waals surface area (Å²) in [7, 11) is 0. The highest BCUT2D eigenvalue weighted by molar-refractivity contribution is 7.19. The molecule has 0 aliphatic carbocycles. The number of benzene rings is 4. The minimum atomic E-state index is -0.207. The Morgan fingerprint density at radius 2 is 1.18 bits per heavy atom. The Labute approximate surface area is 202 Å². The van der Waals surface area contributed by atoms with Crippen LogP contribution in [-0.2, 0) is 0 Å². The summed E-state index contributed by atoms with van der Waals surface area (Å²) in [6, 6.07) is 38.1. The summed E-state index contributed by atoms with van der Waals surface area (Å²) >= 11 is 1.59. The molecule has 1 N–H and O–H groups in total. The van der Waals surface area contributed by atoms with Crippen molar-refractivity contribution >= 4 is 28.7 Å². The van der Waals surface area contributed by atoms with Gasteiger partial charge in [0.25, 0.3) is 5.91 Å². The fraction of sp³-hybridized carbons (Fsp3) is 0. The van der Waals surface area contributed by atoms with Gasteiger partial charge in [-0.1, -0.05) is 103 Å². The third-order valence-electron chi connectivity index (χ3n) is 5.49. The first-order valence-electron chi connectivity index (χ1n) is 10.9. The third kappa shape index (κ3) is 4.58. The van der Waals surface area contributed by atoms with Crippen molar-refractivity contribution in [3.8, 4) is 20.9 Å². The molecule has 0 saturated heterocycles. The van der Waals surface area contributed by atoms with Crippen LogP contribution in [0.15, 0.2) is 121 Å². The highest BCUT2D eigenvalue weighted by atomic mass is 32.1. The Hall–Kier alpha value is -4.28. The van der Waals surface area contributed by atoms with Gasteiger partial charge in [-0.25, -0.2) is 0 Å². The second-order valence-corrected chi connectivity index (χ2v) is 8.87. The lowest BCUT2D eigenvalue weighted by Gasteiger charge is -2.08. The standard InChI is InChI=1S/C30H21NO2S/c32-28(22-13-6-2-7-14-22)24-17-10-18-25(19-24)31-30(33)26-20-27(21-11-4-1-5-12-21)34-29(26)23-15-8-3-9-16-23/h1-20H,(H,31,33). The van der Waals surface area contributed by atoms with Gasteiger partial charge in [0.1, 0.15) is 0 Å². The molecule has 164 valence electrons. The summed E-state index contributed by atoms with van der Waals surface area (Å²) in [5.41, 5.74) is 4.39. The molecule has 0 spiro atoms. The van der Waals surface area contributed by atoms with E-state index in [1.165, 1.54) is 0 Å². The number of hydrogen-bond donors (Lipinski definition) is 1. The SMILES string of the molecule is O=C(c1ccccc1)c1cccc(NC(=O)c2cc(-c3ccccc3)sc2-c2ccccc2)c1. The zero-order chi connectivity index (χ0) is 23.3. The van der Waals surface area contributed by atoms with E-state index in [0.717, 1.165) is 20.9 Å². The van der Waals surface area contributed by atoms with E-state index >= 15 is 0 Å². The maximum atomic E-state index is 13.4. The lowest BCUT2D eigenvalue weighted by atomic mass is 10.0. The van der Waals surface area contributed by atoms with Crippen LogP contribution in [0.1, 0.15) is 26.3 Å². The highest BCUT2D eigenvalue weighted by Gasteiger charge is 2.19. The van der Waals surface area contributed by atoms with E-state index in [2.05, 4.69) is 5.32 Å². The van der Waals surface area contributed by atoms with Crippen molar-refractivity contribution in [3.05, 3.63) is 138 Å². The first-order chi connectivity index (χ1) is 16.7. The van der Waals surface area contributed by atoms with Gasteiger partial charge in [0.15, 0.2) is 5.78 Å². The van der Waals surface area contributed by atoms with Crippen LogP contribution in [0, 0.1) is 0 Å². The van der Waals surface area contributed by atoms with Gasteiger partial charge in [0.2, 0.25) is 0 Å². The predicted octanol–water partition coefficient (Wildman–Crippen LogP) is 7.57. The number of ketones is 1. The fourth-order valence-electron chi connectivity index (χ4n) is 3.80. The minimum absolute atomic E-state index is 0.0800. The van der Waals surface area contributed by atoms with Crippen LogP contribution >= 0.6 is 11.3 Å². The minimum Gasteiger partial charge on any atom is -0.322 e. The van der Waals surface area contributed by atoms with E-state index in [1.807, 2.05) is 84.9 Å². The zero-order valence-corrected chi connectivity index (χ0v) is 19.1. The van der Waals surface area contributed by atoms with Crippen LogP contribution in [0.2, 0.25) is 0 Å². The van der Waals surface area contributed by atoms with Crippen molar-refractivity contribution in [2.45, 2.75) is 0 Å². The van der Waals surface area contributed by atoms with Crippen LogP contribution in [-0.4, -0.2) is 11.7 Å². The van der Waals surface area contributed by atoms with Crippen LogP contribution in [0.3, 0.4) is 0 Å². The molecule has 34 heavy (non-hydrogen) atoms. The van der Waals surface area contributed by atoms with Crippen molar-refractivity contribution in [1.82, 2.24) is 0 Å². The number of rotatable bonds is 6. The number of carbonyl (C=O) groups is 2. The molecule has 5 aromatic rings. The molecule has 0 aliphatic rings. The molecule has 1 amide bonds. The van der Waals surface area contributed by atoms with Gasteiger partial charge in [-0.05, 0) is 29.3 Å². The van der Waals surface area contributed by atoms with E-state index in [1.54, 1.807) is 47.7 Å². The smallest absolute Gasteiger partial charge is 0.257 e. The van der Waals surface area contributed by atoms with Gasteiger partial charge in [-0.3, -0.25) is 9.59 Å². The van der Waals surface area contributed by atoms with Gasteiger partial charge < -0.3 is 5.32 Å². The van der Waals surface area contributed by atoms with Gasteiger partial charge in [-0.2, -0.15) is 0 Å². The average Bonchev–Trinajstić information content (AvgIpc) is 3.36. The largest absolute Gasteiger partial charge is 0.322 e. The Kier molecular flexibility index (Phi) is 6.15. The Morgan fingerprint density at radius 1 is 0.588 bits per heavy atom. The molecule has 5 rings (SSSR count). The van der Waals surface area contributed by atoms with Crippen molar-refractivity contribution in [1.29, 1.82) is 0 Å². The topological polar surface area (TPSA) is 46.2 Å². The first kappa shape index (κ1) is 21.6. The number of hydrogen-bond acceptors (Lipinski definition) is 3. The molecular formula is C30H21NO2S. The second-order valence-electron chi connectivity index (χ2n) is 7.82. The molecule has 1 aromatic heterocycles. The molecule has 1 heterocycles. The molecule has 0 atom stereocenters. The Morgan fingerprint density at radius 3 is 1.85 bits per heavy atom. The van der Waals surface area contributed by atoms with Crippen LogP contribution < -0.4 is 5.32 Å². The van der Waals surface area contributed by atoms with Crippen molar-refractivity contribution in [2.24, 2.45) is 0 Å². The van der Waals surface area contributed by atoms with Crippen molar-refractivity contribution < 1.29 is 9.59 Å². The lowest BCUT2D eigenvalue weighted by Crippen LogP contribution is -2.12. The van der Waals surface area contributed by atoms with E-state index < -0.39 is 0 Å². The lowest BCUT2D eigenvalue weighted by molar-refractivity contribution is 0.102. The summed E-state index contributed by atoms with van der Waals surface area (Å²) < 4.78 is 0. The normalized spacial score (nSPS) is 10.6. The zero-order valence-electron chi connectivity index (χ0n) is 18.3. The molecule has 0 radical (unpaired) electrons.